The van der Waals surface area contributed by atoms with Gasteiger partial charge in [-0.25, -0.2) is 0 Å². The van der Waals surface area contributed by atoms with Crippen molar-refractivity contribution in [3.05, 3.63) is 0 Å². The van der Waals surface area contributed by atoms with Gasteiger partial charge in [0.05, 0.1) is 0 Å². The van der Waals surface area contributed by atoms with Crippen LogP contribution in [0.1, 0.15) is 0 Å². The summed E-state index contributed by atoms with van der Waals surface area (Å²) in [5.74, 6) is 2.84. The summed E-state index contributed by atoms with van der Waals surface area (Å²) in [5.41, 5.74) is 0. The molecule has 1 rings (SSSR count). The third kappa shape index (κ3) is 1.43. The third-order valence-corrected chi connectivity index (χ3v) is 8.53. The first kappa shape index (κ1) is 4.42. The molecule has 29 valence electrons. The van der Waals surface area contributed by atoms with Gasteiger partial charge in [-0.05, 0) is 0 Å². The van der Waals surface area contributed by atoms with E-state index in [9.17, 15) is 0 Å². The molecule has 1 heterocycles. The van der Waals surface area contributed by atoms with Crippen LogP contribution in [0.25, 0.3) is 0 Å². The van der Waals surface area contributed by atoms with Gasteiger partial charge in [-0.2, -0.15) is 0 Å². The SMILES string of the molecule is C1CS[As]S1. The fourth-order valence-electron chi connectivity index (χ4n) is 0.186. The summed E-state index contributed by atoms with van der Waals surface area (Å²) in [5, 5.41) is 0. The standard InChI is InChI=1S/C2H4AsS2/c1-2-5-3-4-1/h1-2H2. The second-order valence-electron chi connectivity index (χ2n) is 0.741. The van der Waals surface area contributed by atoms with Crippen LogP contribution >= 0.6 is 20.0 Å². The topological polar surface area (TPSA) is 0 Å². The first-order valence-electron chi connectivity index (χ1n) is 1.44. The van der Waals surface area contributed by atoms with Gasteiger partial charge in [-0.3, -0.25) is 0 Å². The molecule has 0 bridgehead atoms. The predicted molar refractivity (Wildman–Crippen MR) is 30.7 cm³/mol. The molecule has 0 saturated carbocycles. The van der Waals surface area contributed by atoms with E-state index < -0.39 is 0 Å². The second-order valence-corrected chi connectivity index (χ2v) is 8.74. The molecule has 1 aliphatic heterocycles. The summed E-state index contributed by atoms with van der Waals surface area (Å²) in [4.78, 5) is 0. The van der Waals surface area contributed by atoms with Crippen molar-refractivity contribution in [1.29, 1.82) is 0 Å². The van der Waals surface area contributed by atoms with Crippen molar-refractivity contribution in [2.45, 2.75) is 0 Å². The van der Waals surface area contributed by atoms with Crippen LogP contribution in [-0.2, 0) is 0 Å². The van der Waals surface area contributed by atoms with Gasteiger partial charge in [0.25, 0.3) is 0 Å². The monoisotopic (exact) mass is 167 g/mol. The van der Waals surface area contributed by atoms with E-state index in [1.807, 2.05) is 0 Å². The summed E-state index contributed by atoms with van der Waals surface area (Å²) in [6, 6.07) is 0. The van der Waals surface area contributed by atoms with Gasteiger partial charge in [-0.15, -0.1) is 0 Å². The fraction of sp³-hybridized carbons (Fsp3) is 1.00. The van der Waals surface area contributed by atoms with Crippen molar-refractivity contribution in [2.24, 2.45) is 0 Å². The molecule has 3 heteroatoms. The molecule has 1 saturated heterocycles. The first-order valence-corrected chi connectivity index (χ1v) is 7.92. The molecule has 0 nitrogen and oxygen atoms in total. The Morgan fingerprint density at radius 1 is 1.20 bits per heavy atom. The molecule has 1 fully saturated rings. The Kier molecular flexibility index (Phi) is 2.15. The van der Waals surface area contributed by atoms with E-state index in [-0.39, 0.29) is 0 Å². The molecule has 0 aromatic rings. The van der Waals surface area contributed by atoms with Crippen LogP contribution in [0.2, 0.25) is 0 Å². The van der Waals surface area contributed by atoms with Crippen LogP contribution in [0.15, 0.2) is 0 Å². The average molecular weight is 167 g/mol. The maximum atomic E-state index is 2.13. The van der Waals surface area contributed by atoms with E-state index in [4.69, 9.17) is 0 Å². The van der Waals surface area contributed by atoms with Gasteiger partial charge < -0.3 is 0 Å². The van der Waals surface area contributed by atoms with E-state index in [2.05, 4.69) is 20.0 Å². The molecule has 1 radical (unpaired) electrons. The van der Waals surface area contributed by atoms with Gasteiger partial charge >= 0.3 is 45.0 Å². The van der Waals surface area contributed by atoms with Crippen LogP contribution in [0.5, 0.6) is 0 Å². The van der Waals surface area contributed by atoms with E-state index in [1.54, 1.807) is 0 Å². The fourth-order valence-corrected chi connectivity index (χ4v) is 8.71. The minimum atomic E-state index is 0.688. The molecule has 0 amide bonds. The molecule has 0 aromatic heterocycles. The van der Waals surface area contributed by atoms with Gasteiger partial charge in [-0.1, -0.05) is 0 Å². The van der Waals surface area contributed by atoms with Crippen LogP contribution in [0, 0.1) is 0 Å². The zero-order valence-electron chi connectivity index (χ0n) is 2.68. The molecule has 0 aromatic carbocycles. The van der Waals surface area contributed by atoms with Gasteiger partial charge in [0.15, 0.2) is 0 Å². The molecule has 1 aliphatic rings. The van der Waals surface area contributed by atoms with Gasteiger partial charge in [0, 0.05) is 0 Å². The van der Waals surface area contributed by atoms with E-state index in [1.165, 1.54) is 11.5 Å². The van der Waals surface area contributed by atoms with Crippen molar-refractivity contribution >= 4 is 33.5 Å². The van der Waals surface area contributed by atoms with E-state index >= 15 is 0 Å². The van der Waals surface area contributed by atoms with Gasteiger partial charge in [0.1, 0.15) is 0 Å². The Hall–Kier alpha value is 1.26. The second kappa shape index (κ2) is 2.43. The Morgan fingerprint density at radius 2 is 1.80 bits per heavy atom. The zero-order valence-corrected chi connectivity index (χ0v) is 6.19. The van der Waals surface area contributed by atoms with Crippen molar-refractivity contribution < 1.29 is 0 Å². The Bertz CT molecular complexity index is 19.2. The molecule has 0 atom stereocenters. The quantitative estimate of drug-likeness (QED) is 0.493. The Labute approximate surface area is 45.1 Å². The molecule has 0 spiro atoms. The molecule has 0 aliphatic carbocycles. The van der Waals surface area contributed by atoms with Crippen molar-refractivity contribution in [3.63, 3.8) is 0 Å². The van der Waals surface area contributed by atoms with Crippen molar-refractivity contribution in [2.75, 3.05) is 11.5 Å². The summed E-state index contributed by atoms with van der Waals surface area (Å²) in [6.07, 6.45) is 0. The van der Waals surface area contributed by atoms with E-state index in [0.29, 0.717) is 13.4 Å². The molecule has 0 N–H and O–H groups in total. The van der Waals surface area contributed by atoms with Crippen molar-refractivity contribution in [1.82, 2.24) is 0 Å². The zero-order chi connectivity index (χ0) is 3.54. The first-order chi connectivity index (χ1) is 2.50. The average Bonchev–Trinajstić information content (AvgIpc) is 1.76. The Morgan fingerprint density at radius 3 is 2.00 bits per heavy atom. The summed E-state index contributed by atoms with van der Waals surface area (Å²) in [7, 11) is 4.26. The van der Waals surface area contributed by atoms with Gasteiger partial charge in [0.2, 0.25) is 0 Å². The molecular formula is C2H4AsS2. The summed E-state index contributed by atoms with van der Waals surface area (Å²) in [6.45, 7) is 0. The maximum absolute atomic E-state index is 2.13. The van der Waals surface area contributed by atoms with Crippen molar-refractivity contribution in [3.8, 4) is 0 Å². The molecular weight excluding hydrogens is 163 g/mol. The number of hydrogen-bond acceptors (Lipinski definition) is 2. The summed E-state index contributed by atoms with van der Waals surface area (Å²) >= 11 is 0.688. The van der Waals surface area contributed by atoms with Crippen LogP contribution in [-0.4, -0.2) is 24.9 Å². The van der Waals surface area contributed by atoms with Crippen LogP contribution in [0.3, 0.4) is 0 Å². The predicted octanol–water partition coefficient (Wildman–Crippen LogP) is 1.00. The number of hydrogen-bond donors (Lipinski definition) is 0. The Balaban J connectivity index is 2.08. The normalized spacial score (nSPS) is 24.0. The number of rotatable bonds is 0. The van der Waals surface area contributed by atoms with Crippen LogP contribution < -0.4 is 0 Å². The third-order valence-electron chi connectivity index (χ3n) is 0.371. The molecule has 5 heavy (non-hydrogen) atoms. The van der Waals surface area contributed by atoms with Crippen LogP contribution in [0.4, 0.5) is 0 Å². The molecule has 0 unspecified atom stereocenters. The minimum absolute atomic E-state index is 0.688. The van der Waals surface area contributed by atoms with E-state index in [0.717, 1.165) is 0 Å². The summed E-state index contributed by atoms with van der Waals surface area (Å²) < 4.78 is 0.